The molecule has 136 valence electrons. The summed E-state index contributed by atoms with van der Waals surface area (Å²) in [4.78, 5) is 29.6. The van der Waals surface area contributed by atoms with Crippen LogP contribution in [0.25, 0.3) is 10.9 Å². The first kappa shape index (κ1) is 18.5. The smallest absolute Gasteiger partial charge is 0.262 e. The molecule has 0 aliphatic heterocycles. The first-order chi connectivity index (χ1) is 12.5. The van der Waals surface area contributed by atoms with E-state index in [9.17, 15) is 14.9 Å². The van der Waals surface area contributed by atoms with Gasteiger partial charge in [-0.05, 0) is 44.2 Å². The number of para-hydroxylation sites is 1. The van der Waals surface area contributed by atoms with E-state index in [1.165, 1.54) is 11.8 Å². The first-order valence-corrected chi connectivity index (χ1v) is 9.81. The molecule has 1 unspecified atom stereocenters. The van der Waals surface area contributed by atoms with Crippen LogP contribution in [0.2, 0.25) is 0 Å². The van der Waals surface area contributed by atoms with Gasteiger partial charge in [-0.2, -0.15) is 5.26 Å². The Bertz CT molecular complexity index is 929. The molecule has 1 fully saturated rings. The van der Waals surface area contributed by atoms with Gasteiger partial charge < -0.3 is 5.32 Å². The number of hydrogen-bond acceptors (Lipinski definition) is 5. The van der Waals surface area contributed by atoms with E-state index >= 15 is 0 Å². The first-order valence-electron chi connectivity index (χ1n) is 8.83. The van der Waals surface area contributed by atoms with Crippen LogP contribution in [0, 0.1) is 17.2 Å². The third-order valence-corrected chi connectivity index (χ3v) is 5.61. The SMILES string of the molecule is CCCn1c(SCC(=O)NC(C)(C#N)C2CC2)nc2ccccc2c1=O. The molecule has 7 heteroatoms. The Balaban J connectivity index is 1.79. The minimum absolute atomic E-state index is 0.0831. The van der Waals surface area contributed by atoms with Gasteiger partial charge in [0.2, 0.25) is 5.91 Å². The number of nitrogens with one attached hydrogen (secondary N) is 1. The Hall–Kier alpha value is -2.33. The fraction of sp³-hybridized carbons (Fsp3) is 0.474. The molecule has 1 atom stereocenters. The molecule has 3 rings (SSSR count). The molecule has 0 spiro atoms. The molecule has 1 amide bonds. The van der Waals surface area contributed by atoms with Crippen LogP contribution in [-0.2, 0) is 11.3 Å². The van der Waals surface area contributed by atoms with Crippen LogP contribution in [0.3, 0.4) is 0 Å². The summed E-state index contributed by atoms with van der Waals surface area (Å²) in [6.07, 6.45) is 2.74. The molecule has 2 aromatic rings. The number of amides is 1. The second kappa shape index (κ2) is 7.50. The van der Waals surface area contributed by atoms with E-state index in [0.29, 0.717) is 22.6 Å². The summed E-state index contributed by atoms with van der Waals surface area (Å²) >= 11 is 1.24. The standard InChI is InChI=1S/C19H22N4O2S/c1-3-10-23-17(25)14-6-4-5-7-15(14)21-18(23)26-11-16(24)22-19(2,12-20)13-8-9-13/h4-7,13H,3,8-11H2,1-2H3,(H,22,24). The van der Waals surface area contributed by atoms with E-state index in [0.717, 1.165) is 19.3 Å². The van der Waals surface area contributed by atoms with Gasteiger partial charge in [-0.1, -0.05) is 30.8 Å². The average molecular weight is 370 g/mol. The molecule has 26 heavy (non-hydrogen) atoms. The normalized spacial score (nSPS) is 16.0. The predicted molar refractivity (Wildman–Crippen MR) is 102 cm³/mol. The number of fused-ring (bicyclic) bond motifs is 1. The predicted octanol–water partition coefficient (Wildman–Crippen LogP) is 2.71. The average Bonchev–Trinajstić information content (AvgIpc) is 3.48. The zero-order valence-electron chi connectivity index (χ0n) is 15.0. The molecule has 0 saturated heterocycles. The summed E-state index contributed by atoms with van der Waals surface area (Å²) in [6.45, 7) is 4.32. The van der Waals surface area contributed by atoms with Crippen LogP contribution in [0.1, 0.15) is 33.1 Å². The molecule has 1 aromatic carbocycles. The van der Waals surface area contributed by atoms with Gasteiger partial charge >= 0.3 is 0 Å². The van der Waals surface area contributed by atoms with Crippen molar-refractivity contribution in [1.82, 2.24) is 14.9 Å². The Morgan fingerprint density at radius 1 is 1.46 bits per heavy atom. The number of benzene rings is 1. The maximum Gasteiger partial charge on any atom is 0.262 e. The minimum atomic E-state index is -0.808. The number of carbonyl (C=O) groups excluding carboxylic acids is 1. The van der Waals surface area contributed by atoms with Crippen molar-refractivity contribution in [3.05, 3.63) is 34.6 Å². The van der Waals surface area contributed by atoms with Gasteiger partial charge in [0, 0.05) is 6.54 Å². The van der Waals surface area contributed by atoms with Gasteiger partial charge in [-0.15, -0.1) is 0 Å². The molecule has 1 saturated carbocycles. The molecular weight excluding hydrogens is 348 g/mol. The summed E-state index contributed by atoms with van der Waals surface area (Å²) in [5.74, 6) is 0.147. The van der Waals surface area contributed by atoms with Gasteiger partial charge in [-0.25, -0.2) is 4.98 Å². The maximum atomic E-state index is 12.7. The maximum absolute atomic E-state index is 12.7. The lowest BCUT2D eigenvalue weighted by Gasteiger charge is -2.22. The lowest BCUT2D eigenvalue weighted by Crippen LogP contribution is -2.47. The third kappa shape index (κ3) is 3.75. The van der Waals surface area contributed by atoms with Gasteiger partial charge in [0.15, 0.2) is 5.16 Å². The number of carbonyl (C=O) groups is 1. The van der Waals surface area contributed by atoms with Gasteiger partial charge in [0.05, 0.1) is 22.7 Å². The van der Waals surface area contributed by atoms with Crippen LogP contribution in [0.5, 0.6) is 0 Å². The Morgan fingerprint density at radius 3 is 2.85 bits per heavy atom. The van der Waals surface area contributed by atoms with Crippen LogP contribution in [0.15, 0.2) is 34.2 Å². The van der Waals surface area contributed by atoms with Crippen molar-refractivity contribution in [3.8, 4) is 6.07 Å². The lowest BCUT2D eigenvalue weighted by molar-refractivity contribution is -0.119. The van der Waals surface area contributed by atoms with Crippen LogP contribution in [0.4, 0.5) is 0 Å². The molecule has 1 aliphatic rings. The van der Waals surface area contributed by atoms with Crippen LogP contribution in [-0.4, -0.2) is 26.8 Å². The lowest BCUT2D eigenvalue weighted by atomic mass is 9.98. The van der Waals surface area contributed by atoms with E-state index in [4.69, 9.17) is 0 Å². The zero-order valence-corrected chi connectivity index (χ0v) is 15.8. The van der Waals surface area contributed by atoms with Crippen molar-refractivity contribution in [2.45, 2.75) is 50.4 Å². The minimum Gasteiger partial charge on any atom is -0.337 e. The van der Waals surface area contributed by atoms with E-state index in [-0.39, 0.29) is 23.1 Å². The van der Waals surface area contributed by atoms with E-state index in [2.05, 4.69) is 16.4 Å². The number of rotatable bonds is 7. The summed E-state index contributed by atoms with van der Waals surface area (Å²) in [7, 11) is 0. The van der Waals surface area contributed by atoms with Crippen molar-refractivity contribution in [2.24, 2.45) is 5.92 Å². The highest BCUT2D eigenvalue weighted by atomic mass is 32.2. The van der Waals surface area contributed by atoms with Crippen LogP contribution >= 0.6 is 11.8 Å². The number of aromatic nitrogens is 2. The monoisotopic (exact) mass is 370 g/mol. The van der Waals surface area contributed by atoms with Crippen molar-refractivity contribution >= 4 is 28.6 Å². The highest BCUT2D eigenvalue weighted by Gasteiger charge is 2.42. The Labute approximate surface area is 156 Å². The van der Waals surface area contributed by atoms with Crippen LogP contribution < -0.4 is 10.9 Å². The number of thioether (sulfide) groups is 1. The molecule has 0 radical (unpaired) electrons. The van der Waals surface area contributed by atoms with Gasteiger partial charge in [-0.3, -0.25) is 14.2 Å². The molecule has 6 nitrogen and oxygen atoms in total. The largest absolute Gasteiger partial charge is 0.337 e. The summed E-state index contributed by atoms with van der Waals surface area (Å²) in [5, 5.41) is 13.3. The van der Waals surface area contributed by atoms with E-state index in [1.807, 2.05) is 19.1 Å². The molecule has 1 aliphatic carbocycles. The quantitative estimate of drug-likeness (QED) is 0.598. The van der Waals surface area contributed by atoms with Crippen molar-refractivity contribution in [2.75, 3.05) is 5.75 Å². The summed E-state index contributed by atoms with van der Waals surface area (Å²) in [6, 6.07) is 9.46. The Morgan fingerprint density at radius 2 is 2.19 bits per heavy atom. The fourth-order valence-electron chi connectivity index (χ4n) is 3.02. The molecule has 0 bridgehead atoms. The second-order valence-electron chi connectivity index (χ2n) is 6.79. The molecular formula is C19H22N4O2S. The number of nitriles is 1. The van der Waals surface area contributed by atoms with Crippen molar-refractivity contribution < 1.29 is 4.79 Å². The number of nitrogens with zero attached hydrogens (tertiary/aromatic N) is 3. The second-order valence-corrected chi connectivity index (χ2v) is 7.74. The Kier molecular flexibility index (Phi) is 5.33. The van der Waals surface area contributed by atoms with Crippen molar-refractivity contribution in [1.29, 1.82) is 5.26 Å². The number of hydrogen-bond donors (Lipinski definition) is 1. The highest BCUT2D eigenvalue weighted by Crippen LogP contribution is 2.39. The van der Waals surface area contributed by atoms with E-state index < -0.39 is 5.54 Å². The van der Waals surface area contributed by atoms with Gasteiger partial charge in [0.1, 0.15) is 5.54 Å². The molecule has 1 N–H and O–H groups in total. The summed E-state index contributed by atoms with van der Waals surface area (Å²) in [5.41, 5.74) is -0.259. The van der Waals surface area contributed by atoms with E-state index in [1.54, 1.807) is 23.6 Å². The van der Waals surface area contributed by atoms with Crippen molar-refractivity contribution in [3.63, 3.8) is 0 Å². The fourth-order valence-corrected chi connectivity index (χ4v) is 3.84. The molecule has 1 heterocycles. The highest BCUT2D eigenvalue weighted by molar-refractivity contribution is 7.99. The molecule has 1 aromatic heterocycles. The third-order valence-electron chi connectivity index (χ3n) is 4.63. The zero-order chi connectivity index (χ0) is 18.7. The summed E-state index contributed by atoms with van der Waals surface area (Å²) < 4.78 is 1.63. The van der Waals surface area contributed by atoms with Gasteiger partial charge in [0.25, 0.3) is 5.56 Å². The topological polar surface area (TPSA) is 87.8 Å².